The van der Waals surface area contributed by atoms with Gasteiger partial charge < -0.3 is 4.90 Å². The Morgan fingerprint density at radius 3 is 1.71 bits per heavy atom. The molecule has 0 radical (unpaired) electrons. The number of benzene rings is 8. The Bertz CT molecular complexity index is 2470. The number of hydrogen-bond acceptors (Lipinski definition) is 1. The van der Waals surface area contributed by atoms with E-state index >= 15 is 0 Å². The summed E-state index contributed by atoms with van der Waals surface area (Å²) in [7, 11) is 0. The van der Waals surface area contributed by atoms with Crippen molar-refractivity contribution in [3.63, 3.8) is 0 Å². The molecule has 0 saturated heterocycles. The Kier molecular flexibility index (Phi) is 5.86. The summed E-state index contributed by atoms with van der Waals surface area (Å²) < 4.78 is 0. The highest BCUT2D eigenvalue weighted by Crippen LogP contribution is 2.64. The molecule has 1 nitrogen and oxygen atoms in total. The third-order valence-electron chi connectivity index (χ3n) is 10.4. The fourth-order valence-corrected chi connectivity index (χ4v) is 8.51. The fraction of sp³-hybridized carbons (Fsp3) is 0.0213. The van der Waals surface area contributed by atoms with Crippen molar-refractivity contribution in [2.75, 3.05) is 4.90 Å². The molecule has 48 heavy (non-hydrogen) atoms. The van der Waals surface area contributed by atoms with E-state index in [0.29, 0.717) is 0 Å². The first-order chi connectivity index (χ1) is 23.8. The van der Waals surface area contributed by atoms with Crippen molar-refractivity contribution in [3.05, 3.63) is 210 Å². The Morgan fingerprint density at radius 2 is 0.938 bits per heavy atom. The van der Waals surface area contributed by atoms with Crippen molar-refractivity contribution in [1.82, 2.24) is 0 Å². The molecule has 1 spiro atoms. The second kappa shape index (κ2) is 10.4. The van der Waals surface area contributed by atoms with Gasteiger partial charge in [0.15, 0.2) is 0 Å². The van der Waals surface area contributed by atoms with Crippen LogP contribution < -0.4 is 4.90 Å². The van der Waals surface area contributed by atoms with Crippen LogP contribution in [0.15, 0.2) is 188 Å². The average molecular weight is 610 g/mol. The molecule has 224 valence electrons. The molecule has 0 unspecified atom stereocenters. The van der Waals surface area contributed by atoms with Gasteiger partial charge in [0.1, 0.15) is 0 Å². The summed E-state index contributed by atoms with van der Waals surface area (Å²) in [5.74, 6) is 0. The minimum atomic E-state index is -0.424. The summed E-state index contributed by atoms with van der Waals surface area (Å²) in [6, 6.07) is 69.2. The predicted molar refractivity (Wildman–Crippen MR) is 200 cm³/mol. The van der Waals surface area contributed by atoms with Gasteiger partial charge >= 0.3 is 0 Å². The second-order valence-electron chi connectivity index (χ2n) is 12.9. The van der Waals surface area contributed by atoms with Gasteiger partial charge in [-0.05, 0) is 103 Å². The zero-order valence-corrected chi connectivity index (χ0v) is 26.3. The van der Waals surface area contributed by atoms with Crippen LogP contribution >= 0.6 is 0 Å². The molecular formula is C47H31N. The minimum Gasteiger partial charge on any atom is -0.310 e. The molecule has 0 bridgehead atoms. The first-order valence-corrected chi connectivity index (χ1v) is 16.7. The number of fused-ring (bicyclic) bond motifs is 12. The largest absolute Gasteiger partial charge is 0.310 e. The molecule has 0 saturated carbocycles. The van der Waals surface area contributed by atoms with Crippen LogP contribution in [-0.4, -0.2) is 0 Å². The van der Waals surface area contributed by atoms with Crippen LogP contribution in [0, 0.1) is 0 Å². The number of nitrogens with zero attached hydrogens (tertiary/aromatic N) is 1. The van der Waals surface area contributed by atoms with Crippen LogP contribution in [0.3, 0.4) is 0 Å². The molecule has 0 heterocycles. The standard InChI is InChI=1S/C47H31N/c1-3-14-32(15-4-1)34-17-13-20-36(30-34)48(35-18-5-2-6-19-35)37-27-28-41-45(31-37)47(44-29-26-33-16-7-8-21-38(33)46(41)44)42-24-11-9-22-39(42)40-23-10-12-25-43(40)47/h1-31H. The molecule has 0 atom stereocenters. The van der Waals surface area contributed by atoms with E-state index in [1.54, 1.807) is 0 Å². The van der Waals surface area contributed by atoms with Crippen LogP contribution in [0.5, 0.6) is 0 Å². The Hall–Kier alpha value is -6.18. The number of hydrogen-bond donors (Lipinski definition) is 0. The van der Waals surface area contributed by atoms with Gasteiger partial charge in [0, 0.05) is 17.1 Å². The lowest BCUT2D eigenvalue weighted by atomic mass is 9.70. The van der Waals surface area contributed by atoms with E-state index in [0.717, 1.165) is 17.1 Å². The molecule has 10 rings (SSSR count). The Balaban J connectivity index is 1.28. The molecule has 1 heteroatoms. The van der Waals surface area contributed by atoms with Gasteiger partial charge in [-0.15, -0.1) is 0 Å². The first kappa shape index (κ1) is 27.0. The number of rotatable bonds is 4. The molecule has 0 aliphatic heterocycles. The summed E-state index contributed by atoms with van der Waals surface area (Å²) in [5.41, 5.74) is 16.1. The number of anilines is 3. The minimum absolute atomic E-state index is 0.424. The summed E-state index contributed by atoms with van der Waals surface area (Å²) in [5, 5.41) is 2.57. The van der Waals surface area contributed by atoms with Crippen molar-refractivity contribution in [1.29, 1.82) is 0 Å². The lowest BCUT2D eigenvalue weighted by molar-refractivity contribution is 0.794. The van der Waals surface area contributed by atoms with Crippen molar-refractivity contribution in [3.8, 4) is 33.4 Å². The average Bonchev–Trinajstić information content (AvgIpc) is 3.63. The first-order valence-electron chi connectivity index (χ1n) is 16.7. The zero-order chi connectivity index (χ0) is 31.7. The SMILES string of the molecule is c1ccc(-c2cccc(N(c3ccccc3)c3ccc4c(c3)C3(c5ccccc5-c5ccccc53)c3ccc5ccccc5c3-4)c2)cc1. The lowest BCUT2D eigenvalue weighted by Gasteiger charge is -2.32. The van der Waals surface area contributed by atoms with E-state index in [4.69, 9.17) is 0 Å². The fourth-order valence-electron chi connectivity index (χ4n) is 8.51. The quantitative estimate of drug-likeness (QED) is 0.192. The van der Waals surface area contributed by atoms with Crippen LogP contribution in [0.2, 0.25) is 0 Å². The molecule has 2 aliphatic carbocycles. The van der Waals surface area contributed by atoms with Gasteiger partial charge in [-0.2, -0.15) is 0 Å². The van der Waals surface area contributed by atoms with E-state index in [2.05, 4.69) is 193 Å². The summed E-state index contributed by atoms with van der Waals surface area (Å²) >= 11 is 0. The van der Waals surface area contributed by atoms with Crippen molar-refractivity contribution in [2.45, 2.75) is 5.41 Å². The van der Waals surface area contributed by atoms with Crippen molar-refractivity contribution >= 4 is 27.8 Å². The second-order valence-corrected chi connectivity index (χ2v) is 12.9. The van der Waals surface area contributed by atoms with E-state index in [9.17, 15) is 0 Å². The Morgan fingerprint density at radius 1 is 0.333 bits per heavy atom. The molecule has 0 fully saturated rings. The molecular weight excluding hydrogens is 579 g/mol. The van der Waals surface area contributed by atoms with Crippen LogP contribution in [0.1, 0.15) is 22.3 Å². The van der Waals surface area contributed by atoms with Crippen LogP contribution in [0.25, 0.3) is 44.2 Å². The molecule has 0 amide bonds. The smallest absolute Gasteiger partial charge is 0.0726 e. The zero-order valence-electron chi connectivity index (χ0n) is 26.3. The highest BCUT2D eigenvalue weighted by atomic mass is 15.1. The summed E-state index contributed by atoms with van der Waals surface area (Å²) in [6.45, 7) is 0. The molecule has 0 aromatic heterocycles. The predicted octanol–water partition coefficient (Wildman–Crippen LogP) is 12.3. The normalized spacial score (nSPS) is 13.2. The van der Waals surface area contributed by atoms with Crippen molar-refractivity contribution < 1.29 is 0 Å². The summed E-state index contributed by atoms with van der Waals surface area (Å²) in [6.07, 6.45) is 0. The monoisotopic (exact) mass is 609 g/mol. The third kappa shape index (κ3) is 3.73. The summed E-state index contributed by atoms with van der Waals surface area (Å²) in [4.78, 5) is 2.41. The maximum Gasteiger partial charge on any atom is 0.0726 e. The topological polar surface area (TPSA) is 3.24 Å². The number of para-hydroxylation sites is 1. The van der Waals surface area contributed by atoms with Gasteiger partial charge in [-0.25, -0.2) is 0 Å². The van der Waals surface area contributed by atoms with E-state index < -0.39 is 5.41 Å². The highest BCUT2D eigenvalue weighted by Gasteiger charge is 2.52. The van der Waals surface area contributed by atoms with Crippen LogP contribution in [0.4, 0.5) is 17.1 Å². The van der Waals surface area contributed by atoms with Gasteiger partial charge in [-0.3, -0.25) is 0 Å². The van der Waals surface area contributed by atoms with Gasteiger partial charge in [0.25, 0.3) is 0 Å². The molecule has 2 aliphatic rings. The highest BCUT2D eigenvalue weighted by molar-refractivity contribution is 6.06. The van der Waals surface area contributed by atoms with E-state index in [1.165, 1.54) is 66.4 Å². The van der Waals surface area contributed by atoms with Crippen LogP contribution in [-0.2, 0) is 5.41 Å². The Labute approximate surface area is 281 Å². The van der Waals surface area contributed by atoms with Crippen molar-refractivity contribution in [2.24, 2.45) is 0 Å². The van der Waals surface area contributed by atoms with Gasteiger partial charge in [0.2, 0.25) is 0 Å². The molecule has 0 N–H and O–H groups in total. The molecule has 8 aromatic carbocycles. The van der Waals surface area contributed by atoms with Gasteiger partial charge in [-0.1, -0.05) is 152 Å². The molecule has 8 aromatic rings. The maximum atomic E-state index is 2.48. The third-order valence-corrected chi connectivity index (χ3v) is 10.4. The van der Waals surface area contributed by atoms with E-state index in [1.807, 2.05) is 0 Å². The maximum absolute atomic E-state index is 2.48. The van der Waals surface area contributed by atoms with E-state index in [-0.39, 0.29) is 0 Å². The van der Waals surface area contributed by atoms with Gasteiger partial charge in [0.05, 0.1) is 5.41 Å². The lowest BCUT2D eigenvalue weighted by Crippen LogP contribution is -2.26.